The minimum Gasteiger partial charge on any atom is -0.472 e. The molecule has 0 atom stereocenters. The largest absolute Gasteiger partial charge is 0.472 e. The van der Waals surface area contributed by atoms with Crippen LogP contribution in [0.4, 0.5) is 0 Å². The van der Waals surface area contributed by atoms with E-state index in [1.54, 1.807) is 6.26 Å². The van der Waals surface area contributed by atoms with Crippen LogP contribution in [-0.4, -0.2) is 46.5 Å². The average Bonchev–Trinajstić information content (AvgIpc) is 3.17. The third-order valence-electron chi connectivity index (χ3n) is 5.01. The van der Waals surface area contributed by atoms with Gasteiger partial charge in [-0.25, -0.2) is 0 Å². The number of amides is 1. The SMILES string of the molecule is Cn1cccc1C(=O)N1CC2(CCN(Cc3ccoc3)C2)C1. The number of hydrogen-bond acceptors (Lipinski definition) is 3. The van der Waals surface area contributed by atoms with Gasteiger partial charge < -0.3 is 13.9 Å². The zero-order valence-corrected chi connectivity index (χ0v) is 12.9. The van der Waals surface area contributed by atoms with E-state index < -0.39 is 0 Å². The molecule has 116 valence electrons. The van der Waals surface area contributed by atoms with E-state index in [-0.39, 0.29) is 5.91 Å². The van der Waals surface area contributed by atoms with Gasteiger partial charge in [-0.1, -0.05) is 0 Å². The zero-order chi connectivity index (χ0) is 15.2. The predicted molar refractivity (Wildman–Crippen MR) is 82.4 cm³/mol. The van der Waals surface area contributed by atoms with Crippen LogP contribution in [0.5, 0.6) is 0 Å². The summed E-state index contributed by atoms with van der Waals surface area (Å²) in [6.07, 6.45) is 6.65. The molecule has 0 unspecified atom stereocenters. The standard InChI is InChI=1S/C17H21N3O2/c1-18-6-2-3-15(18)16(21)20-12-17(13-20)5-7-19(11-17)9-14-4-8-22-10-14/h2-4,6,8,10H,5,7,9,11-13H2,1H3. The lowest BCUT2D eigenvalue weighted by atomic mass is 9.79. The lowest BCUT2D eigenvalue weighted by Gasteiger charge is -2.48. The molecular weight excluding hydrogens is 278 g/mol. The number of carbonyl (C=O) groups excluding carboxylic acids is 1. The van der Waals surface area contributed by atoms with Crippen LogP contribution >= 0.6 is 0 Å². The van der Waals surface area contributed by atoms with Crippen LogP contribution in [0.2, 0.25) is 0 Å². The zero-order valence-electron chi connectivity index (χ0n) is 12.9. The maximum Gasteiger partial charge on any atom is 0.270 e. The van der Waals surface area contributed by atoms with E-state index in [0.717, 1.165) is 38.4 Å². The second-order valence-electron chi connectivity index (χ2n) is 6.76. The smallest absolute Gasteiger partial charge is 0.270 e. The second kappa shape index (κ2) is 5.02. The van der Waals surface area contributed by atoms with E-state index >= 15 is 0 Å². The topological polar surface area (TPSA) is 41.6 Å². The molecular formula is C17H21N3O2. The Morgan fingerprint density at radius 3 is 2.86 bits per heavy atom. The van der Waals surface area contributed by atoms with Gasteiger partial charge in [-0.3, -0.25) is 9.69 Å². The van der Waals surface area contributed by atoms with E-state index in [1.165, 1.54) is 12.0 Å². The second-order valence-corrected chi connectivity index (χ2v) is 6.76. The molecule has 2 aliphatic rings. The van der Waals surface area contributed by atoms with Crippen molar-refractivity contribution in [1.82, 2.24) is 14.4 Å². The highest BCUT2D eigenvalue weighted by Gasteiger charge is 2.49. The molecule has 4 heterocycles. The first kappa shape index (κ1) is 13.6. The maximum absolute atomic E-state index is 12.5. The summed E-state index contributed by atoms with van der Waals surface area (Å²) in [5, 5.41) is 0. The Kier molecular flexibility index (Phi) is 3.11. The molecule has 22 heavy (non-hydrogen) atoms. The van der Waals surface area contributed by atoms with Crippen molar-refractivity contribution in [2.75, 3.05) is 26.2 Å². The van der Waals surface area contributed by atoms with Gasteiger partial charge in [0.25, 0.3) is 5.91 Å². The van der Waals surface area contributed by atoms with Gasteiger partial charge in [0.15, 0.2) is 0 Å². The molecule has 0 N–H and O–H groups in total. The third-order valence-corrected chi connectivity index (χ3v) is 5.01. The van der Waals surface area contributed by atoms with E-state index in [9.17, 15) is 4.79 Å². The van der Waals surface area contributed by atoms with Crippen molar-refractivity contribution in [2.24, 2.45) is 12.5 Å². The molecule has 2 saturated heterocycles. The fraction of sp³-hybridized carbons (Fsp3) is 0.471. The normalized spacial score (nSPS) is 20.5. The predicted octanol–water partition coefficient (Wildman–Crippen LogP) is 1.97. The highest BCUT2D eigenvalue weighted by Crippen LogP contribution is 2.40. The Morgan fingerprint density at radius 2 is 2.18 bits per heavy atom. The number of carbonyl (C=O) groups is 1. The first-order chi connectivity index (χ1) is 10.7. The fourth-order valence-corrected chi connectivity index (χ4v) is 3.81. The highest BCUT2D eigenvalue weighted by molar-refractivity contribution is 5.93. The Bertz CT molecular complexity index is 668. The number of likely N-dealkylation sites (tertiary alicyclic amines) is 2. The molecule has 0 aliphatic carbocycles. The van der Waals surface area contributed by atoms with Gasteiger partial charge >= 0.3 is 0 Å². The van der Waals surface area contributed by atoms with Crippen molar-refractivity contribution < 1.29 is 9.21 Å². The highest BCUT2D eigenvalue weighted by atomic mass is 16.3. The van der Waals surface area contributed by atoms with E-state index in [0.29, 0.717) is 5.41 Å². The molecule has 0 bridgehead atoms. The van der Waals surface area contributed by atoms with Gasteiger partial charge in [0.1, 0.15) is 5.69 Å². The third kappa shape index (κ3) is 2.25. The minimum atomic E-state index is 0.159. The van der Waals surface area contributed by atoms with Crippen molar-refractivity contribution in [3.63, 3.8) is 0 Å². The molecule has 0 aromatic carbocycles. The van der Waals surface area contributed by atoms with Gasteiger partial charge in [0.2, 0.25) is 0 Å². The van der Waals surface area contributed by atoms with Crippen molar-refractivity contribution in [2.45, 2.75) is 13.0 Å². The van der Waals surface area contributed by atoms with E-state index in [2.05, 4.69) is 4.90 Å². The van der Waals surface area contributed by atoms with Crippen molar-refractivity contribution in [1.29, 1.82) is 0 Å². The summed E-state index contributed by atoms with van der Waals surface area (Å²) in [5.74, 6) is 0.159. The van der Waals surface area contributed by atoms with Crippen LogP contribution in [0.3, 0.4) is 0 Å². The number of aryl methyl sites for hydroxylation is 1. The summed E-state index contributed by atoms with van der Waals surface area (Å²) in [4.78, 5) is 16.9. The summed E-state index contributed by atoms with van der Waals surface area (Å²) in [5.41, 5.74) is 2.32. The minimum absolute atomic E-state index is 0.159. The first-order valence-electron chi connectivity index (χ1n) is 7.79. The summed E-state index contributed by atoms with van der Waals surface area (Å²) < 4.78 is 7.03. The number of rotatable bonds is 3. The molecule has 1 spiro atoms. The van der Waals surface area contributed by atoms with Crippen LogP contribution in [0.25, 0.3) is 0 Å². The molecule has 2 aromatic rings. The van der Waals surface area contributed by atoms with Crippen LogP contribution < -0.4 is 0 Å². The van der Waals surface area contributed by atoms with Gasteiger partial charge in [0, 0.05) is 50.4 Å². The van der Waals surface area contributed by atoms with Crippen LogP contribution in [0, 0.1) is 5.41 Å². The molecule has 1 amide bonds. The summed E-state index contributed by atoms with van der Waals surface area (Å²) in [6.45, 7) is 4.91. The molecule has 2 fully saturated rings. The van der Waals surface area contributed by atoms with Gasteiger partial charge in [0.05, 0.1) is 12.5 Å². The molecule has 0 radical (unpaired) electrons. The monoisotopic (exact) mass is 299 g/mol. The lowest BCUT2D eigenvalue weighted by molar-refractivity contribution is 0.00962. The summed E-state index contributed by atoms with van der Waals surface area (Å²) in [7, 11) is 1.92. The van der Waals surface area contributed by atoms with Crippen LogP contribution in [0.1, 0.15) is 22.5 Å². The quantitative estimate of drug-likeness (QED) is 0.870. The molecule has 4 rings (SSSR count). The number of hydrogen-bond donors (Lipinski definition) is 0. The maximum atomic E-state index is 12.5. The molecule has 5 heteroatoms. The van der Waals surface area contributed by atoms with Crippen molar-refractivity contribution >= 4 is 5.91 Å². The lowest BCUT2D eigenvalue weighted by Crippen LogP contribution is -2.59. The van der Waals surface area contributed by atoms with Crippen LogP contribution in [0.15, 0.2) is 41.3 Å². The molecule has 2 aromatic heterocycles. The van der Waals surface area contributed by atoms with Gasteiger partial charge in [-0.2, -0.15) is 0 Å². The number of nitrogens with zero attached hydrogens (tertiary/aromatic N) is 3. The van der Waals surface area contributed by atoms with E-state index in [4.69, 9.17) is 4.42 Å². The Hall–Kier alpha value is -2.01. The van der Waals surface area contributed by atoms with Crippen molar-refractivity contribution in [3.8, 4) is 0 Å². The summed E-state index contributed by atoms with van der Waals surface area (Å²) in [6, 6.07) is 5.84. The van der Waals surface area contributed by atoms with Crippen molar-refractivity contribution in [3.05, 3.63) is 48.2 Å². The summed E-state index contributed by atoms with van der Waals surface area (Å²) >= 11 is 0. The van der Waals surface area contributed by atoms with E-state index in [1.807, 2.05) is 47.2 Å². The Balaban J connectivity index is 1.35. The fourth-order valence-electron chi connectivity index (χ4n) is 3.81. The molecule has 5 nitrogen and oxygen atoms in total. The average molecular weight is 299 g/mol. The van der Waals surface area contributed by atoms with Gasteiger partial charge in [-0.05, 0) is 31.2 Å². The molecule has 2 aliphatic heterocycles. The van der Waals surface area contributed by atoms with Gasteiger partial charge in [-0.15, -0.1) is 0 Å². The van der Waals surface area contributed by atoms with Crippen LogP contribution in [-0.2, 0) is 13.6 Å². The Labute approximate surface area is 130 Å². The number of aromatic nitrogens is 1. The Morgan fingerprint density at radius 1 is 1.32 bits per heavy atom. The first-order valence-corrected chi connectivity index (χ1v) is 7.79. The molecule has 0 saturated carbocycles. The number of furan rings is 1.